The van der Waals surface area contributed by atoms with Crippen LogP contribution < -0.4 is 10.1 Å². The van der Waals surface area contributed by atoms with E-state index in [1.54, 1.807) is 0 Å². The SMILES string of the molecule is FC(F)(F)c1cc2c(NC3c4ccccc4OCC3N3CCC4(COC4)C3)ncnc2[nH]1. The van der Waals surface area contributed by atoms with Gasteiger partial charge in [0.15, 0.2) is 0 Å². The van der Waals surface area contributed by atoms with Crippen LogP contribution in [0.25, 0.3) is 11.0 Å². The van der Waals surface area contributed by atoms with Gasteiger partial charge in [0.25, 0.3) is 0 Å². The van der Waals surface area contributed by atoms with Crippen molar-refractivity contribution in [1.29, 1.82) is 0 Å². The highest BCUT2D eigenvalue weighted by atomic mass is 19.4. The van der Waals surface area contributed by atoms with E-state index in [1.165, 1.54) is 6.33 Å². The van der Waals surface area contributed by atoms with Crippen molar-refractivity contribution in [3.05, 3.63) is 47.9 Å². The van der Waals surface area contributed by atoms with Gasteiger partial charge in [-0.25, -0.2) is 9.97 Å². The molecule has 0 saturated carbocycles. The van der Waals surface area contributed by atoms with Gasteiger partial charge in [-0.3, -0.25) is 4.90 Å². The average Bonchev–Trinajstić information content (AvgIpc) is 3.39. The molecule has 2 N–H and O–H groups in total. The molecule has 10 heteroatoms. The fourth-order valence-electron chi connectivity index (χ4n) is 5.07. The molecule has 1 aromatic carbocycles. The van der Waals surface area contributed by atoms with Gasteiger partial charge in [-0.05, 0) is 25.1 Å². The number of para-hydroxylation sites is 1. The number of fused-ring (bicyclic) bond motifs is 2. The molecule has 2 aromatic heterocycles. The van der Waals surface area contributed by atoms with Crippen LogP contribution in [0.3, 0.4) is 0 Å². The Labute approximate surface area is 181 Å². The number of aromatic nitrogens is 3. The number of aromatic amines is 1. The van der Waals surface area contributed by atoms with Crippen LogP contribution in [0, 0.1) is 5.41 Å². The summed E-state index contributed by atoms with van der Waals surface area (Å²) in [5.41, 5.74) is 0.490. The van der Waals surface area contributed by atoms with Gasteiger partial charge >= 0.3 is 6.18 Å². The van der Waals surface area contributed by atoms with E-state index in [0.29, 0.717) is 17.8 Å². The number of rotatable bonds is 3. The summed E-state index contributed by atoms with van der Waals surface area (Å²) in [6.45, 7) is 3.90. The van der Waals surface area contributed by atoms with Gasteiger partial charge in [0.05, 0.1) is 30.7 Å². The lowest BCUT2D eigenvalue weighted by Gasteiger charge is -2.42. The number of hydrogen-bond donors (Lipinski definition) is 2. The second kappa shape index (κ2) is 7.08. The summed E-state index contributed by atoms with van der Waals surface area (Å²) in [6, 6.07) is 8.64. The molecule has 3 aliphatic rings. The van der Waals surface area contributed by atoms with E-state index in [0.717, 1.165) is 50.1 Å². The minimum Gasteiger partial charge on any atom is -0.491 e. The molecule has 0 bridgehead atoms. The second-order valence-electron chi connectivity index (χ2n) is 8.92. The van der Waals surface area contributed by atoms with Crippen LogP contribution in [0.15, 0.2) is 36.7 Å². The highest BCUT2D eigenvalue weighted by Crippen LogP contribution is 2.43. The van der Waals surface area contributed by atoms with Crippen molar-refractivity contribution in [2.75, 3.05) is 38.2 Å². The number of alkyl halides is 3. The van der Waals surface area contributed by atoms with Crippen molar-refractivity contribution in [3.8, 4) is 5.75 Å². The van der Waals surface area contributed by atoms with Crippen molar-refractivity contribution >= 4 is 16.9 Å². The Hall–Kier alpha value is -2.85. The van der Waals surface area contributed by atoms with Gasteiger partial charge in [0, 0.05) is 17.5 Å². The number of benzene rings is 1. The summed E-state index contributed by atoms with van der Waals surface area (Å²) in [5.74, 6) is 1.15. The molecule has 6 rings (SSSR count). The first kappa shape index (κ1) is 19.8. The van der Waals surface area contributed by atoms with Gasteiger partial charge in [-0.1, -0.05) is 18.2 Å². The zero-order chi connectivity index (χ0) is 21.9. The standard InChI is InChI=1S/C22H22F3N5O2/c23-22(24,25)17-7-14-19(28-17)26-12-27-20(14)29-18-13-3-1-2-4-16(13)32-8-15(18)30-6-5-21(9-30)10-31-11-21/h1-4,7,12,15,18H,5-6,8-11H2,(H2,26,27,28,29). The minimum absolute atomic E-state index is 0.0101. The molecule has 0 aliphatic carbocycles. The number of ether oxygens (including phenoxy) is 2. The largest absolute Gasteiger partial charge is 0.491 e. The third kappa shape index (κ3) is 3.20. The van der Waals surface area contributed by atoms with Crippen molar-refractivity contribution < 1.29 is 22.6 Å². The summed E-state index contributed by atoms with van der Waals surface area (Å²) in [6.07, 6.45) is -2.14. The Morgan fingerprint density at radius 3 is 2.78 bits per heavy atom. The smallest absolute Gasteiger partial charge is 0.431 e. The molecule has 32 heavy (non-hydrogen) atoms. The number of halogens is 3. The minimum atomic E-state index is -4.49. The first-order chi connectivity index (χ1) is 15.4. The van der Waals surface area contributed by atoms with E-state index in [9.17, 15) is 13.2 Å². The molecule has 2 unspecified atom stereocenters. The fraction of sp³-hybridized carbons (Fsp3) is 0.455. The van der Waals surface area contributed by atoms with Gasteiger partial charge in [0.2, 0.25) is 0 Å². The quantitative estimate of drug-likeness (QED) is 0.642. The zero-order valence-electron chi connectivity index (χ0n) is 17.2. The first-order valence-corrected chi connectivity index (χ1v) is 10.6. The summed E-state index contributed by atoms with van der Waals surface area (Å²) in [4.78, 5) is 13.1. The molecular weight excluding hydrogens is 423 g/mol. The molecule has 2 fully saturated rings. The number of H-pyrrole nitrogens is 1. The maximum absolute atomic E-state index is 13.3. The summed E-state index contributed by atoms with van der Waals surface area (Å²) < 4.78 is 51.3. The van der Waals surface area contributed by atoms with Crippen molar-refractivity contribution in [2.24, 2.45) is 5.41 Å². The van der Waals surface area contributed by atoms with Gasteiger partial charge in [-0.2, -0.15) is 13.2 Å². The Balaban J connectivity index is 1.37. The molecule has 7 nitrogen and oxygen atoms in total. The normalized spacial score (nSPS) is 24.8. The zero-order valence-corrected chi connectivity index (χ0v) is 17.2. The van der Waals surface area contributed by atoms with E-state index in [-0.39, 0.29) is 23.1 Å². The highest BCUT2D eigenvalue weighted by Gasteiger charge is 2.48. The van der Waals surface area contributed by atoms with Crippen molar-refractivity contribution in [2.45, 2.75) is 24.7 Å². The maximum atomic E-state index is 13.3. The summed E-state index contributed by atoms with van der Waals surface area (Å²) >= 11 is 0. The molecule has 5 heterocycles. The third-order valence-electron chi connectivity index (χ3n) is 6.83. The summed E-state index contributed by atoms with van der Waals surface area (Å²) in [7, 11) is 0. The van der Waals surface area contributed by atoms with Crippen LogP contribution >= 0.6 is 0 Å². The number of hydrogen-bond acceptors (Lipinski definition) is 6. The van der Waals surface area contributed by atoms with E-state index in [2.05, 4.69) is 25.2 Å². The second-order valence-corrected chi connectivity index (χ2v) is 8.92. The number of nitrogens with one attached hydrogen (secondary N) is 2. The van der Waals surface area contributed by atoms with Gasteiger partial charge < -0.3 is 19.8 Å². The van der Waals surface area contributed by atoms with Crippen LogP contribution in [-0.4, -0.2) is 58.8 Å². The predicted octanol–water partition coefficient (Wildman–Crippen LogP) is 3.61. The third-order valence-corrected chi connectivity index (χ3v) is 6.83. The molecular formula is C22H22F3N5O2. The van der Waals surface area contributed by atoms with Gasteiger partial charge in [0.1, 0.15) is 35.8 Å². The van der Waals surface area contributed by atoms with E-state index < -0.39 is 11.9 Å². The topological polar surface area (TPSA) is 75.3 Å². The average molecular weight is 445 g/mol. The van der Waals surface area contributed by atoms with Crippen LogP contribution in [-0.2, 0) is 10.9 Å². The lowest BCUT2D eigenvalue weighted by molar-refractivity contribution is -0.140. The van der Waals surface area contributed by atoms with Crippen molar-refractivity contribution in [3.63, 3.8) is 0 Å². The number of anilines is 1. The van der Waals surface area contributed by atoms with Crippen LogP contribution in [0.1, 0.15) is 23.7 Å². The number of nitrogens with zero attached hydrogens (tertiary/aromatic N) is 3. The maximum Gasteiger partial charge on any atom is 0.431 e. The van der Waals surface area contributed by atoms with Crippen LogP contribution in [0.4, 0.5) is 19.0 Å². The van der Waals surface area contributed by atoms with Crippen LogP contribution in [0.5, 0.6) is 5.75 Å². The number of likely N-dealkylation sites (tertiary alicyclic amines) is 1. The molecule has 1 spiro atoms. The Bertz CT molecular complexity index is 1160. The monoisotopic (exact) mass is 445 g/mol. The first-order valence-electron chi connectivity index (χ1n) is 10.6. The lowest BCUT2D eigenvalue weighted by atomic mass is 9.85. The molecule has 2 saturated heterocycles. The van der Waals surface area contributed by atoms with E-state index in [4.69, 9.17) is 9.47 Å². The molecule has 168 valence electrons. The molecule has 2 atom stereocenters. The fourth-order valence-corrected chi connectivity index (χ4v) is 5.07. The molecule has 0 radical (unpaired) electrons. The summed E-state index contributed by atoms with van der Waals surface area (Å²) in [5, 5.41) is 3.76. The molecule has 3 aliphatic heterocycles. The Morgan fingerprint density at radius 1 is 1.19 bits per heavy atom. The highest BCUT2D eigenvalue weighted by molar-refractivity contribution is 5.88. The van der Waals surface area contributed by atoms with E-state index >= 15 is 0 Å². The van der Waals surface area contributed by atoms with Crippen molar-refractivity contribution in [1.82, 2.24) is 19.9 Å². The Kier molecular flexibility index (Phi) is 4.38. The predicted molar refractivity (Wildman–Crippen MR) is 110 cm³/mol. The van der Waals surface area contributed by atoms with Gasteiger partial charge in [-0.15, -0.1) is 0 Å². The molecule has 0 amide bonds. The van der Waals surface area contributed by atoms with Crippen LogP contribution in [0.2, 0.25) is 0 Å². The van der Waals surface area contributed by atoms with E-state index in [1.807, 2.05) is 24.3 Å². The Morgan fingerprint density at radius 2 is 2.03 bits per heavy atom. The lowest BCUT2D eigenvalue weighted by Crippen LogP contribution is -2.50. The molecule has 3 aromatic rings.